The van der Waals surface area contributed by atoms with Crippen LogP contribution in [-0.4, -0.2) is 69.0 Å². The van der Waals surface area contributed by atoms with E-state index in [-0.39, 0.29) is 18.2 Å². The third-order valence-corrected chi connectivity index (χ3v) is 6.48. The van der Waals surface area contributed by atoms with Crippen LogP contribution in [0.1, 0.15) is 23.1 Å². The lowest BCUT2D eigenvalue weighted by atomic mass is 9.94. The fourth-order valence-corrected chi connectivity index (χ4v) is 4.72. The van der Waals surface area contributed by atoms with Crippen molar-refractivity contribution in [2.75, 3.05) is 41.0 Å². The molecule has 7 heteroatoms. The molecule has 172 valence electrons. The van der Waals surface area contributed by atoms with Crippen molar-refractivity contribution in [3.8, 4) is 11.5 Å². The molecule has 0 aliphatic carbocycles. The van der Waals surface area contributed by atoms with Crippen molar-refractivity contribution in [2.24, 2.45) is 0 Å². The Balaban J connectivity index is 1.53. The summed E-state index contributed by atoms with van der Waals surface area (Å²) in [6, 6.07) is 14.5. The van der Waals surface area contributed by atoms with Crippen LogP contribution in [0, 0.1) is 0 Å². The molecule has 4 rings (SSSR count). The van der Waals surface area contributed by atoms with Gasteiger partial charge in [0, 0.05) is 26.2 Å². The molecular formula is C25H32N2O5. The Morgan fingerprint density at radius 1 is 1.00 bits per heavy atom. The van der Waals surface area contributed by atoms with Gasteiger partial charge in [-0.1, -0.05) is 30.3 Å². The lowest BCUT2D eigenvalue weighted by Gasteiger charge is -2.45. The zero-order valence-corrected chi connectivity index (χ0v) is 19.1. The topological polar surface area (TPSA) is 60.5 Å². The number of benzene rings is 2. The average molecular weight is 441 g/mol. The van der Waals surface area contributed by atoms with Crippen molar-refractivity contribution in [1.29, 1.82) is 0 Å². The highest BCUT2D eigenvalue weighted by molar-refractivity contribution is 5.67. The van der Waals surface area contributed by atoms with E-state index in [2.05, 4.69) is 29.2 Å². The fourth-order valence-electron chi connectivity index (χ4n) is 4.72. The van der Waals surface area contributed by atoms with Gasteiger partial charge in [0.25, 0.3) is 0 Å². The minimum absolute atomic E-state index is 0.0396. The smallest absolute Gasteiger partial charge is 0.409 e. The molecule has 1 saturated heterocycles. The molecular weight excluding hydrogens is 408 g/mol. The van der Waals surface area contributed by atoms with Crippen molar-refractivity contribution < 1.29 is 23.7 Å². The minimum atomic E-state index is -0.277. The molecule has 0 radical (unpaired) electrons. The summed E-state index contributed by atoms with van der Waals surface area (Å²) in [5.74, 6) is 1.50. The Morgan fingerprint density at radius 2 is 1.72 bits per heavy atom. The van der Waals surface area contributed by atoms with Crippen LogP contribution < -0.4 is 9.47 Å². The number of piperidine rings is 1. The van der Waals surface area contributed by atoms with E-state index in [1.165, 1.54) is 18.2 Å². The molecule has 2 aliphatic rings. The SMILES string of the molecule is COC(=O)N1CC[C@H](OCc2ccccc2)[C@@H](N2CCc3cc(OC)c(OC)cc3C2)C1. The van der Waals surface area contributed by atoms with Gasteiger partial charge in [-0.3, -0.25) is 4.90 Å². The van der Waals surface area contributed by atoms with Crippen LogP contribution >= 0.6 is 0 Å². The standard InChI is InChI=1S/C25H32N2O5/c1-29-23-13-19-9-11-26(15-20(19)14-24(23)30-2)21-16-27(25(28)31-3)12-10-22(21)32-17-18-7-5-4-6-8-18/h4-8,13-14,21-22H,9-12,15-17H2,1-3H3/t21-,22-/m0/s1. The van der Waals surface area contributed by atoms with E-state index in [1.54, 1.807) is 19.1 Å². The molecule has 0 saturated carbocycles. The number of methoxy groups -OCH3 is 3. The van der Waals surface area contributed by atoms with E-state index in [1.807, 2.05) is 18.2 Å². The highest BCUT2D eigenvalue weighted by Gasteiger charge is 2.37. The van der Waals surface area contributed by atoms with Gasteiger partial charge in [-0.2, -0.15) is 0 Å². The third kappa shape index (κ3) is 4.84. The first-order chi connectivity index (χ1) is 15.6. The summed E-state index contributed by atoms with van der Waals surface area (Å²) in [6.45, 7) is 3.47. The van der Waals surface area contributed by atoms with Crippen LogP contribution in [-0.2, 0) is 29.0 Å². The summed E-state index contributed by atoms with van der Waals surface area (Å²) in [4.78, 5) is 16.5. The zero-order valence-electron chi connectivity index (χ0n) is 19.1. The second-order valence-corrected chi connectivity index (χ2v) is 8.30. The van der Waals surface area contributed by atoms with E-state index < -0.39 is 0 Å². The summed E-state index contributed by atoms with van der Waals surface area (Å²) in [7, 11) is 4.76. The van der Waals surface area contributed by atoms with E-state index in [9.17, 15) is 4.79 Å². The number of fused-ring (bicyclic) bond motifs is 1. The molecule has 0 N–H and O–H groups in total. The van der Waals surface area contributed by atoms with Gasteiger partial charge < -0.3 is 23.8 Å². The summed E-state index contributed by atoms with van der Waals surface area (Å²) in [6.07, 6.45) is 1.45. The van der Waals surface area contributed by atoms with Crippen LogP contribution in [0.4, 0.5) is 4.79 Å². The van der Waals surface area contributed by atoms with Crippen molar-refractivity contribution in [1.82, 2.24) is 9.80 Å². The van der Waals surface area contributed by atoms with Crippen molar-refractivity contribution in [3.05, 3.63) is 59.2 Å². The maximum absolute atomic E-state index is 12.2. The molecule has 0 spiro atoms. The number of ether oxygens (including phenoxy) is 4. The van der Waals surface area contributed by atoms with Crippen molar-refractivity contribution in [2.45, 2.75) is 38.1 Å². The molecule has 7 nitrogen and oxygen atoms in total. The number of hydrogen-bond acceptors (Lipinski definition) is 6. The second kappa shape index (κ2) is 10.2. The molecule has 1 amide bonds. The predicted octanol–water partition coefficient (Wildman–Crippen LogP) is 3.49. The monoisotopic (exact) mass is 440 g/mol. The van der Waals surface area contributed by atoms with Crippen LogP contribution in [0.3, 0.4) is 0 Å². The van der Waals surface area contributed by atoms with Gasteiger partial charge in [-0.15, -0.1) is 0 Å². The normalized spacial score (nSPS) is 21.0. The lowest BCUT2D eigenvalue weighted by Crippen LogP contribution is -2.58. The van der Waals surface area contributed by atoms with Crippen LogP contribution in [0.15, 0.2) is 42.5 Å². The van der Waals surface area contributed by atoms with Gasteiger partial charge >= 0.3 is 6.09 Å². The number of likely N-dealkylation sites (tertiary alicyclic amines) is 1. The summed E-state index contributed by atoms with van der Waals surface area (Å²) in [5, 5.41) is 0. The Hall–Kier alpha value is -2.77. The first kappa shape index (κ1) is 22.4. The molecule has 1 fully saturated rings. The quantitative estimate of drug-likeness (QED) is 0.685. The highest BCUT2D eigenvalue weighted by atomic mass is 16.5. The number of carbonyl (C=O) groups is 1. The van der Waals surface area contributed by atoms with E-state index in [0.29, 0.717) is 19.7 Å². The number of amides is 1. The summed E-state index contributed by atoms with van der Waals surface area (Å²) >= 11 is 0. The van der Waals surface area contributed by atoms with Gasteiger partial charge in [0.15, 0.2) is 11.5 Å². The van der Waals surface area contributed by atoms with Crippen LogP contribution in [0.5, 0.6) is 11.5 Å². The Bertz CT molecular complexity index is 920. The van der Waals surface area contributed by atoms with Crippen LogP contribution in [0.25, 0.3) is 0 Å². The van der Waals surface area contributed by atoms with Gasteiger partial charge in [0.05, 0.1) is 40.1 Å². The number of rotatable bonds is 6. The Labute approximate surface area is 189 Å². The molecule has 0 unspecified atom stereocenters. The molecule has 2 aliphatic heterocycles. The van der Waals surface area contributed by atoms with Crippen molar-refractivity contribution in [3.63, 3.8) is 0 Å². The summed E-state index contributed by atoms with van der Waals surface area (Å²) < 4.78 is 22.4. The fraction of sp³-hybridized carbons (Fsp3) is 0.480. The van der Waals surface area contributed by atoms with Gasteiger partial charge in [-0.25, -0.2) is 4.79 Å². The minimum Gasteiger partial charge on any atom is -0.493 e. The average Bonchev–Trinajstić information content (AvgIpc) is 2.86. The molecule has 0 aromatic heterocycles. The molecule has 0 bridgehead atoms. The largest absolute Gasteiger partial charge is 0.493 e. The van der Waals surface area contributed by atoms with Gasteiger partial charge in [0.2, 0.25) is 0 Å². The third-order valence-electron chi connectivity index (χ3n) is 6.48. The van der Waals surface area contributed by atoms with E-state index in [0.717, 1.165) is 43.0 Å². The first-order valence-electron chi connectivity index (χ1n) is 11.1. The van der Waals surface area contributed by atoms with Gasteiger partial charge in [0.1, 0.15) is 0 Å². The second-order valence-electron chi connectivity index (χ2n) is 8.30. The van der Waals surface area contributed by atoms with Crippen molar-refractivity contribution >= 4 is 6.09 Å². The Morgan fingerprint density at radius 3 is 2.41 bits per heavy atom. The molecule has 2 aromatic carbocycles. The molecule has 2 atom stereocenters. The summed E-state index contributed by atoms with van der Waals surface area (Å²) in [5.41, 5.74) is 3.66. The highest BCUT2D eigenvalue weighted by Crippen LogP contribution is 2.34. The van der Waals surface area contributed by atoms with E-state index in [4.69, 9.17) is 18.9 Å². The maximum Gasteiger partial charge on any atom is 0.409 e. The Kier molecular flexibility index (Phi) is 7.17. The first-order valence-corrected chi connectivity index (χ1v) is 11.1. The number of nitrogens with zero attached hydrogens (tertiary/aromatic N) is 2. The number of hydrogen-bond donors (Lipinski definition) is 0. The molecule has 2 aromatic rings. The van der Waals surface area contributed by atoms with E-state index >= 15 is 0 Å². The molecule has 32 heavy (non-hydrogen) atoms. The predicted molar refractivity (Wildman–Crippen MR) is 121 cm³/mol. The maximum atomic E-state index is 12.2. The number of carbonyl (C=O) groups excluding carboxylic acids is 1. The lowest BCUT2D eigenvalue weighted by molar-refractivity contribution is -0.0639. The molecule has 2 heterocycles. The zero-order chi connectivity index (χ0) is 22.5. The van der Waals surface area contributed by atoms with Crippen LogP contribution in [0.2, 0.25) is 0 Å². The van der Waals surface area contributed by atoms with Gasteiger partial charge in [-0.05, 0) is 41.7 Å².